The van der Waals surface area contributed by atoms with Gasteiger partial charge in [0.1, 0.15) is 0 Å². The second-order valence-electron chi connectivity index (χ2n) is 4.53. The third kappa shape index (κ3) is 5.34. The Hall–Kier alpha value is -1.04. The fraction of sp³-hybridized carbons (Fsp3) is 0.333. The largest absolute Gasteiger partial charge is 0.301 e. The van der Waals surface area contributed by atoms with Crippen molar-refractivity contribution >= 4 is 45.7 Å². The number of amides is 1. The Morgan fingerprint density at radius 2 is 2.19 bits per heavy atom. The van der Waals surface area contributed by atoms with E-state index >= 15 is 0 Å². The van der Waals surface area contributed by atoms with Crippen molar-refractivity contribution in [3.8, 4) is 0 Å². The lowest BCUT2D eigenvalue weighted by molar-refractivity contribution is -0.115. The first-order valence-corrected chi connectivity index (χ1v) is 8.95. The number of anilines is 1. The van der Waals surface area contributed by atoms with Gasteiger partial charge in [-0.15, -0.1) is 23.1 Å². The van der Waals surface area contributed by atoms with Crippen molar-refractivity contribution in [3.63, 3.8) is 0 Å². The van der Waals surface area contributed by atoms with Crippen LogP contribution in [0, 0.1) is 0 Å². The predicted molar refractivity (Wildman–Crippen MR) is 91.4 cm³/mol. The molecule has 0 fully saturated rings. The van der Waals surface area contributed by atoms with Gasteiger partial charge in [0.05, 0.1) is 5.25 Å². The van der Waals surface area contributed by atoms with Gasteiger partial charge >= 0.3 is 0 Å². The van der Waals surface area contributed by atoms with E-state index in [1.54, 1.807) is 18.0 Å². The highest BCUT2D eigenvalue weighted by Gasteiger charge is 2.20. The number of benzene rings is 1. The zero-order chi connectivity index (χ0) is 15.1. The Balaban J connectivity index is 2.02. The number of halogens is 1. The lowest BCUT2D eigenvalue weighted by Gasteiger charge is -2.15. The number of unbranched alkanes of at least 4 members (excludes halogenated alkanes) is 1. The van der Waals surface area contributed by atoms with Crippen LogP contribution in [-0.4, -0.2) is 16.1 Å². The molecule has 1 unspecified atom stereocenters. The fourth-order valence-corrected chi connectivity index (χ4v) is 3.51. The van der Waals surface area contributed by atoms with Gasteiger partial charge in [0.2, 0.25) is 5.91 Å². The summed E-state index contributed by atoms with van der Waals surface area (Å²) in [4.78, 5) is 17.5. The van der Waals surface area contributed by atoms with Gasteiger partial charge in [-0.2, -0.15) is 0 Å². The average molecular weight is 341 g/mol. The molecule has 1 aromatic carbocycles. The van der Waals surface area contributed by atoms with E-state index in [9.17, 15) is 4.79 Å². The molecule has 21 heavy (non-hydrogen) atoms. The van der Waals surface area contributed by atoms with Crippen molar-refractivity contribution in [2.45, 2.75) is 36.3 Å². The third-order valence-corrected chi connectivity index (χ3v) is 5.09. The molecule has 0 aliphatic carbocycles. The highest BCUT2D eigenvalue weighted by molar-refractivity contribution is 8.00. The Morgan fingerprint density at radius 3 is 2.81 bits per heavy atom. The summed E-state index contributed by atoms with van der Waals surface area (Å²) in [5.41, 5.74) is 0. The molecule has 1 amide bonds. The number of rotatable bonds is 7. The van der Waals surface area contributed by atoms with Gasteiger partial charge in [-0.25, -0.2) is 4.98 Å². The summed E-state index contributed by atoms with van der Waals surface area (Å²) in [5, 5.41) is 5.97. The van der Waals surface area contributed by atoms with Crippen LogP contribution in [0.4, 0.5) is 5.13 Å². The third-order valence-electron chi connectivity index (χ3n) is 2.87. The summed E-state index contributed by atoms with van der Waals surface area (Å²) in [7, 11) is 0. The summed E-state index contributed by atoms with van der Waals surface area (Å²) in [6.45, 7) is 2.13. The minimum absolute atomic E-state index is 0.0124. The molecule has 6 heteroatoms. The smallest absolute Gasteiger partial charge is 0.239 e. The van der Waals surface area contributed by atoms with Crippen molar-refractivity contribution in [2.75, 3.05) is 5.32 Å². The van der Waals surface area contributed by atoms with E-state index < -0.39 is 0 Å². The zero-order valence-electron chi connectivity index (χ0n) is 11.7. The Labute approximate surface area is 138 Å². The summed E-state index contributed by atoms with van der Waals surface area (Å²) in [6.07, 6.45) is 4.63. The van der Waals surface area contributed by atoms with Gasteiger partial charge in [-0.1, -0.05) is 31.4 Å². The van der Waals surface area contributed by atoms with Crippen LogP contribution < -0.4 is 5.32 Å². The highest BCUT2D eigenvalue weighted by Crippen LogP contribution is 2.29. The normalized spacial score (nSPS) is 12.1. The van der Waals surface area contributed by atoms with Crippen LogP contribution in [0.5, 0.6) is 0 Å². The molecule has 0 aliphatic rings. The molecule has 1 N–H and O–H groups in total. The van der Waals surface area contributed by atoms with E-state index in [0.29, 0.717) is 10.2 Å². The SMILES string of the molecule is CCCCC(Sc1ccc(Cl)cc1)C(=O)Nc1nccs1. The quantitative estimate of drug-likeness (QED) is 0.714. The van der Waals surface area contributed by atoms with Gasteiger partial charge in [-0.05, 0) is 30.7 Å². The number of aromatic nitrogens is 1. The average Bonchev–Trinajstić information content (AvgIpc) is 2.98. The maximum absolute atomic E-state index is 12.4. The molecule has 1 aromatic heterocycles. The molecule has 0 bridgehead atoms. The topological polar surface area (TPSA) is 42.0 Å². The number of thiazole rings is 1. The maximum atomic E-state index is 12.4. The molecule has 0 aliphatic heterocycles. The fourth-order valence-electron chi connectivity index (χ4n) is 1.78. The Bertz CT molecular complexity index is 558. The molecule has 2 rings (SSSR count). The number of hydrogen-bond acceptors (Lipinski definition) is 4. The van der Waals surface area contributed by atoms with Crippen molar-refractivity contribution in [1.29, 1.82) is 0 Å². The van der Waals surface area contributed by atoms with E-state index in [1.807, 2.05) is 29.6 Å². The standard InChI is InChI=1S/C15H17ClN2OS2/c1-2-3-4-13(14(19)18-15-17-9-10-20-15)21-12-7-5-11(16)6-8-12/h5-10,13H,2-4H2,1H3,(H,17,18,19). The number of hydrogen-bond donors (Lipinski definition) is 1. The van der Waals surface area contributed by atoms with Crippen LogP contribution in [0.25, 0.3) is 0 Å². The van der Waals surface area contributed by atoms with Crippen LogP contribution in [0.1, 0.15) is 26.2 Å². The highest BCUT2D eigenvalue weighted by atomic mass is 35.5. The van der Waals surface area contributed by atoms with Crippen molar-refractivity contribution in [1.82, 2.24) is 4.98 Å². The molecule has 0 radical (unpaired) electrons. The summed E-state index contributed by atoms with van der Waals surface area (Å²) in [6, 6.07) is 7.59. The van der Waals surface area contributed by atoms with Gasteiger partial charge in [0, 0.05) is 21.5 Å². The predicted octanol–water partition coefficient (Wildman–Crippen LogP) is 5.09. The van der Waals surface area contributed by atoms with Crippen molar-refractivity contribution < 1.29 is 4.79 Å². The van der Waals surface area contributed by atoms with Crippen LogP contribution in [-0.2, 0) is 4.79 Å². The molecule has 2 aromatic rings. The van der Waals surface area contributed by atoms with Gasteiger partial charge in [0.15, 0.2) is 5.13 Å². The molecule has 1 heterocycles. The second-order valence-corrected chi connectivity index (χ2v) is 7.14. The van der Waals surface area contributed by atoms with E-state index in [1.165, 1.54) is 11.3 Å². The van der Waals surface area contributed by atoms with Gasteiger partial charge in [-0.3, -0.25) is 4.79 Å². The minimum atomic E-state index is -0.116. The van der Waals surface area contributed by atoms with Crippen molar-refractivity contribution in [2.24, 2.45) is 0 Å². The molecule has 0 saturated heterocycles. The van der Waals surface area contributed by atoms with Crippen LogP contribution in [0.15, 0.2) is 40.7 Å². The molecule has 0 saturated carbocycles. The Kier molecular flexibility index (Phi) is 6.54. The van der Waals surface area contributed by atoms with E-state index in [2.05, 4.69) is 17.2 Å². The Morgan fingerprint density at radius 1 is 1.43 bits per heavy atom. The van der Waals surface area contributed by atoms with Gasteiger partial charge < -0.3 is 5.32 Å². The van der Waals surface area contributed by atoms with E-state index in [-0.39, 0.29) is 11.2 Å². The lowest BCUT2D eigenvalue weighted by atomic mass is 10.2. The first-order chi connectivity index (χ1) is 10.2. The van der Waals surface area contributed by atoms with Gasteiger partial charge in [0.25, 0.3) is 0 Å². The lowest BCUT2D eigenvalue weighted by Crippen LogP contribution is -2.25. The monoisotopic (exact) mass is 340 g/mol. The number of carbonyl (C=O) groups is 1. The van der Waals surface area contributed by atoms with E-state index in [4.69, 9.17) is 11.6 Å². The first kappa shape index (κ1) is 16.3. The summed E-state index contributed by atoms with van der Waals surface area (Å²) < 4.78 is 0. The molecule has 3 nitrogen and oxygen atoms in total. The first-order valence-electron chi connectivity index (χ1n) is 6.81. The molecule has 112 valence electrons. The van der Waals surface area contributed by atoms with Crippen LogP contribution >= 0.6 is 34.7 Å². The summed E-state index contributed by atoms with van der Waals surface area (Å²) in [5.74, 6) is 0.0124. The number of nitrogens with zero attached hydrogens (tertiary/aromatic N) is 1. The minimum Gasteiger partial charge on any atom is -0.301 e. The van der Waals surface area contributed by atoms with Crippen LogP contribution in [0.3, 0.4) is 0 Å². The maximum Gasteiger partial charge on any atom is 0.239 e. The number of thioether (sulfide) groups is 1. The molecule has 0 spiro atoms. The number of carbonyl (C=O) groups excluding carboxylic acids is 1. The van der Waals surface area contributed by atoms with E-state index in [0.717, 1.165) is 24.2 Å². The summed E-state index contributed by atoms with van der Waals surface area (Å²) >= 11 is 8.90. The molecule has 1 atom stereocenters. The second kappa shape index (κ2) is 8.41. The molecular formula is C15H17ClN2OS2. The number of nitrogens with one attached hydrogen (secondary N) is 1. The van der Waals surface area contributed by atoms with Crippen molar-refractivity contribution in [3.05, 3.63) is 40.9 Å². The molecular weight excluding hydrogens is 324 g/mol. The zero-order valence-corrected chi connectivity index (χ0v) is 14.1. The van der Waals surface area contributed by atoms with Crippen LogP contribution in [0.2, 0.25) is 5.02 Å².